The summed E-state index contributed by atoms with van der Waals surface area (Å²) < 4.78 is 5.52. The summed E-state index contributed by atoms with van der Waals surface area (Å²) in [6.45, 7) is 3.52. The van der Waals surface area contributed by atoms with Crippen LogP contribution in [0.2, 0.25) is 0 Å². The van der Waals surface area contributed by atoms with Crippen LogP contribution in [0.5, 0.6) is 17.2 Å². The van der Waals surface area contributed by atoms with Gasteiger partial charge in [-0.3, -0.25) is 9.59 Å². The lowest BCUT2D eigenvalue weighted by atomic mass is 10.1. The van der Waals surface area contributed by atoms with Gasteiger partial charge in [0.15, 0.2) is 6.61 Å². The maximum Gasteiger partial charge on any atom is 0.260 e. The van der Waals surface area contributed by atoms with Gasteiger partial charge in [-0.25, -0.2) is 0 Å². The lowest BCUT2D eigenvalue weighted by Gasteiger charge is -2.34. The van der Waals surface area contributed by atoms with Crippen LogP contribution in [-0.4, -0.2) is 64.6 Å². The summed E-state index contributed by atoms with van der Waals surface area (Å²) in [5.74, 6) is -0.103. The van der Waals surface area contributed by atoms with Gasteiger partial charge in [0.2, 0.25) is 0 Å². The Kier molecular flexibility index (Phi) is 5.49. The molecule has 2 aromatic rings. The Morgan fingerprint density at radius 1 is 0.926 bits per heavy atom. The number of phenolic OH excluding ortho intramolecular Hbond substituents is 2. The summed E-state index contributed by atoms with van der Waals surface area (Å²) in [6, 6.07) is 11.3. The monoisotopic (exact) mass is 370 g/mol. The van der Waals surface area contributed by atoms with Crippen molar-refractivity contribution >= 4 is 11.8 Å². The summed E-state index contributed by atoms with van der Waals surface area (Å²) in [6.07, 6.45) is 0. The van der Waals surface area contributed by atoms with Crippen LogP contribution < -0.4 is 4.74 Å². The highest BCUT2D eigenvalue weighted by Crippen LogP contribution is 2.22. The molecule has 27 heavy (non-hydrogen) atoms. The van der Waals surface area contributed by atoms with Gasteiger partial charge in [-0.2, -0.15) is 0 Å². The molecule has 0 unspecified atom stereocenters. The van der Waals surface area contributed by atoms with Crippen LogP contribution in [0.4, 0.5) is 0 Å². The maximum absolute atomic E-state index is 12.5. The van der Waals surface area contributed by atoms with E-state index >= 15 is 0 Å². The van der Waals surface area contributed by atoms with Crippen molar-refractivity contribution in [2.45, 2.75) is 6.92 Å². The van der Waals surface area contributed by atoms with Crippen LogP contribution in [0.15, 0.2) is 42.5 Å². The van der Waals surface area contributed by atoms with Gasteiger partial charge in [-0.15, -0.1) is 0 Å². The van der Waals surface area contributed by atoms with Crippen LogP contribution in [-0.2, 0) is 4.79 Å². The molecule has 0 saturated carbocycles. The molecule has 0 atom stereocenters. The Bertz CT molecular complexity index is 807. The second-order valence-corrected chi connectivity index (χ2v) is 6.51. The van der Waals surface area contributed by atoms with Crippen molar-refractivity contribution in [3.63, 3.8) is 0 Å². The first-order valence-electron chi connectivity index (χ1n) is 8.72. The minimum absolute atomic E-state index is 0.0442. The number of hydrogen-bond donors (Lipinski definition) is 2. The second-order valence-electron chi connectivity index (χ2n) is 6.51. The quantitative estimate of drug-likeness (QED) is 0.856. The highest BCUT2D eigenvalue weighted by Gasteiger charge is 2.25. The summed E-state index contributed by atoms with van der Waals surface area (Å²) in [5.41, 5.74) is 1.34. The zero-order valence-corrected chi connectivity index (χ0v) is 15.1. The lowest BCUT2D eigenvalue weighted by molar-refractivity contribution is -0.134. The van der Waals surface area contributed by atoms with E-state index in [0.717, 1.165) is 5.56 Å². The van der Waals surface area contributed by atoms with E-state index in [1.807, 2.05) is 31.2 Å². The topological polar surface area (TPSA) is 90.3 Å². The number of nitrogens with zero attached hydrogens (tertiary/aromatic N) is 2. The van der Waals surface area contributed by atoms with Crippen molar-refractivity contribution in [2.24, 2.45) is 0 Å². The molecule has 1 heterocycles. The summed E-state index contributed by atoms with van der Waals surface area (Å²) in [5, 5.41) is 19.1. The molecule has 0 bridgehead atoms. The fourth-order valence-corrected chi connectivity index (χ4v) is 2.93. The fourth-order valence-electron chi connectivity index (χ4n) is 2.93. The van der Waals surface area contributed by atoms with Gasteiger partial charge >= 0.3 is 0 Å². The molecule has 0 radical (unpaired) electrons. The van der Waals surface area contributed by atoms with Crippen LogP contribution >= 0.6 is 0 Å². The van der Waals surface area contributed by atoms with Gasteiger partial charge in [0.25, 0.3) is 11.8 Å². The number of aromatic hydroxyl groups is 2. The molecule has 1 saturated heterocycles. The van der Waals surface area contributed by atoms with E-state index in [0.29, 0.717) is 31.9 Å². The van der Waals surface area contributed by atoms with Gasteiger partial charge in [0.05, 0.1) is 0 Å². The zero-order chi connectivity index (χ0) is 19.4. The smallest absolute Gasteiger partial charge is 0.260 e. The van der Waals surface area contributed by atoms with Crippen molar-refractivity contribution in [2.75, 3.05) is 32.8 Å². The number of carbonyl (C=O) groups excluding carboxylic acids is 2. The third kappa shape index (κ3) is 4.69. The first kappa shape index (κ1) is 18.6. The van der Waals surface area contributed by atoms with E-state index in [4.69, 9.17) is 4.74 Å². The van der Waals surface area contributed by atoms with Crippen LogP contribution in [0.1, 0.15) is 15.9 Å². The second kappa shape index (κ2) is 7.99. The number of benzene rings is 2. The van der Waals surface area contributed by atoms with E-state index in [1.165, 1.54) is 18.2 Å². The number of ether oxygens (including phenoxy) is 1. The molecule has 0 aromatic heterocycles. The standard InChI is InChI=1S/C20H22N2O5/c1-14-2-4-18(5-3-14)27-13-19(25)21-6-8-22(9-7-21)20(26)15-10-16(23)12-17(24)11-15/h2-5,10-12,23-24H,6-9,13H2,1H3. The maximum atomic E-state index is 12.5. The van der Waals surface area contributed by atoms with Gasteiger partial charge in [0, 0.05) is 37.8 Å². The Morgan fingerprint density at radius 2 is 1.48 bits per heavy atom. The first-order valence-corrected chi connectivity index (χ1v) is 8.72. The molecule has 142 valence electrons. The van der Waals surface area contributed by atoms with Gasteiger partial charge in [-0.1, -0.05) is 17.7 Å². The summed E-state index contributed by atoms with van der Waals surface area (Å²) >= 11 is 0. The number of aryl methyl sites for hydroxylation is 1. The van der Waals surface area contributed by atoms with Gasteiger partial charge in [0.1, 0.15) is 17.2 Å². The molecule has 2 N–H and O–H groups in total. The highest BCUT2D eigenvalue weighted by molar-refractivity contribution is 5.95. The number of piperazine rings is 1. The third-order valence-corrected chi connectivity index (χ3v) is 4.45. The predicted octanol–water partition coefficient (Wildman–Crippen LogP) is 1.77. The first-order chi connectivity index (χ1) is 12.9. The van der Waals surface area contributed by atoms with Crippen molar-refractivity contribution in [1.29, 1.82) is 0 Å². The number of amides is 2. The SMILES string of the molecule is Cc1ccc(OCC(=O)N2CCN(C(=O)c3cc(O)cc(O)c3)CC2)cc1. The van der Waals surface area contributed by atoms with Crippen LogP contribution in [0.25, 0.3) is 0 Å². The molecule has 0 aliphatic carbocycles. The van der Waals surface area contributed by atoms with Crippen molar-refractivity contribution in [3.05, 3.63) is 53.6 Å². The van der Waals surface area contributed by atoms with Crippen molar-refractivity contribution < 1.29 is 24.5 Å². The molecule has 2 amide bonds. The minimum Gasteiger partial charge on any atom is -0.508 e. The van der Waals surface area contributed by atoms with Gasteiger partial charge < -0.3 is 24.7 Å². The third-order valence-electron chi connectivity index (χ3n) is 4.45. The average Bonchev–Trinajstić information content (AvgIpc) is 2.66. The van der Waals surface area contributed by atoms with E-state index in [1.54, 1.807) is 9.80 Å². The highest BCUT2D eigenvalue weighted by atomic mass is 16.5. The molecule has 1 aliphatic heterocycles. The molecular formula is C20H22N2O5. The Labute approximate surface area is 157 Å². The normalized spacial score (nSPS) is 14.1. The fraction of sp³-hybridized carbons (Fsp3) is 0.300. The minimum atomic E-state index is -0.288. The number of phenols is 2. The van der Waals surface area contributed by atoms with E-state index < -0.39 is 0 Å². The van der Waals surface area contributed by atoms with E-state index in [9.17, 15) is 19.8 Å². The predicted molar refractivity (Wildman–Crippen MR) is 98.9 cm³/mol. The lowest BCUT2D eigenvalue weighted by Crippen LogP contribution is -2.51. The molecule has 3 rings (SSSR count). The van der Waals surface area contributed by atoms with Crippen molar-refractivity contribution in [3.8, 4) is 17.2 Å². The average molecular weight is 370 g/mol. The molecule has 1 aliphatic rings. The summed E-state index contributed by atoms with van der Waals surface area (Å²) in [4.78, 5) is 28.1. The molecule has 2 aromatic carbocycles. The summed E-state index contributed by atoms with van der Waals surface area (Å²) in [7, 11) is 0. The largest absolute Gasteiger partial charge is 0.508 e. The zero-order valence-electron chi connectivity index (χ0n) is 15.1. The molecular weight excluding hydrogens is 348 g/mol. The van der Waals surface area contributed by atoms with Gasteiger partial charge in [-0.05, 0) is 31.2 Å². The molecule has 1 fully saturated rings. The number of hydrogen-bond acceptors (Lipinski definition) is 5. The molecule has 7 heteroatoms. The Hall–Kier alpha value is -3.22. The van der Waals surface area contributed by atoms with Crippen LogP contribution in [0, 0.1) is 6.92 Å². The van der Waals surface area contributed by atoms with Crippen molar-refractivity contribution in [1.82, 2.24) is 9.80 Å². The number of carbonyl (C=O) groups is 2. The van der Waals surface area contributed by atoms with Crippen LogP contribution in [0.3, 0.4) is 0 Å². The van der Waals surface area contributed by atoms with E-state index in [2.05, 4.69) is 0 Å². The molecule has 7 nitrogen and oxygen atoms in total. The Morgan fingerprint density at radius 3 is 2.07 bits per heavy atom. The number of rotatable bonds is 4. The Balaban J connectivity index is 1.51. The molecule has 0 spiro atoms. The van der Waals surface area contributed by atoms with E-state index in [-0.39, 0.29) is 35.5 Å².